The molecule has 47 heavy (non-hydrogen) atoms. The first kappa shape index (κ1) is 35.0. The van der Waals surface area contributed by atoms with Crippen LogP contribution in [0.25, 0.3) is 21.7 Å². The van der Waals surface area contributed by atoms with E-state index in [0.29, 0.717) is 41.7 Å². The second-order valence-corrected chi connectivity index (χ2v) is 13.3. The van der Waals surface area contributed by atoms with Gasteiger partial charge in [-0.15, -0.1) is 11.3 Å². The summed E-state index contributed by atoms with van der Waals surface area (Å²) in [4.78, 5) is 47.1. The van der Waals surface area contributed by atoms with Crippen molar-refractivity contribution in [2.45, 2.75) is 65.7 Å². The molecule has 2 atom stereocenters. The van der Waals surface area contributed by atoms with Crippen molar-refractivity contribution in [2.24, 2.45) is 5.41 Å². The van der Waals surface area contributed by atoms with E-state index in [-0.39, 0.29) is 48.0 Å². The number of aromatic nitrogens is 3. The molecule has 5 rings (SSSR count). The third-order valence-electron chi connectivity index (χ3n) is 7.43. The molecular formula is C33H39N7O6S. The van der Waals surface area contributed by atoms with Gasteiger partial charge in [0.2, 0.25) is 5.95 Å². The third-order valence-corrected chi connectivity index (χ3v) is 8.53. The minimum atomic E-state index is -0.315. The van der Waals surface area contributed by atoms with Crippen LogP contribution in [0.5, 0.6) is 0 Å². The van der Waals surface area contributed by atoms with Crippen molar-refractivity contribution >= 4 is 46.6 Å². The molecule has 0 aliphatic carbocycles. The van der Waals surface area contributed by atoms with E-state index in [0.717, 1.165) is 28.8 Å². The zero-order chi connectivity index (χ0) is 34.1. The highest BCUT2D eigenvalue weighted by Gasteiger charge is 2.32. The van der Waals surface area contributed by atoms with Gasteiger partial charge in [0.05, 0.1) is 39.6 Å². The summed E-state index contributed by atoms with van der Waals surface area (Å²) in [6, 6.07) is 11.3. The molecule has 4 aromatic rings. The fourth-order valence-corrected chi connectivity index (χ4v) is 6.10. The number of aliphatic hydroxyl groups is 1. The van der Waals surface area contributed by atoms with E-state index in [1.165, 1.54) is 17.7 Å². The second kappa shape index (κ2) is 15.6. The number of thiophene rings is 1. The molecule has 4 heterocycles. The molecule has 1 aliphatic rings. The Kier molecular flexibility index (Phi) is 11.7. The number of carboxylic acid groups (broad SMARTS) is 1. The average molecular weight is 662 g/mol. The second-order valence-electron chi connectivity index (χ2n) is 12.3. The third kappa shape index (κ3) is 8.91. The summed E-state index contributed by atoms with van der Waals surface area (Å²) in [5, 5.41) is 32.3. The summed E-state index contributed by atoms with van der Waals surface area (Å²) < 4.78 is 7.32. The predicted octanol–water partition coefficient (Wildman–Crippen LogP) is 4.66. The molecule has 0 bridgehead atoms. The van der Waals surface area contributed by atoms with Gasteiger partial charge in [-0.3, -0.25) is 19.7 Å². The standard InChI is InChI=1S/C32H37N7O4S.CH2O2/c1-20(18-40)35-15-21-7-8-25-24(12-21)36-31(37-29(41)28-10-9-27(44-28)26-16-34-19-43-26)39(25)17-23-6-5-11-38(23)30(42)22(14-33)13-32(2,3)4;2-1-3/h7-10,12-13,16,19-20,23,35,40H,5-6,11,15,17-18H2,1-4H3,(H,36,37,41);1H,(H,2,3)/t20?,23-;/m1./s1. The van der Waals surface area contributed by atoms with Gasteiger partial charge >= 0.3 is 0 Å². The maximum atomic E-state index is 13.5. The summed E-state index contributed by atoms with van der Waals surface area (Å²) in [6.07, 6.45) is 6.26. The summed E-state index contributed by atoms with van der Waals surface area (Å²) >= 11 is 1.29. The van der Waals surface area contributed by atoms with Crippen molar-refractivity contribution in [1.82, 2.24) is 24.8 Å². The maximum Gasteiger partial charge on any atom is 0.290 e. The lowest BCUT2D eigenvalue weighted by atomic mass is 9.93. The lowest BCUT2D eigenvalue weighted by Gasteiger charge is -2.26. The zero-order valence-electron chi connectivity index (χ0n) is 26.8. The van der Waals surface area contributed by atoms with Crippen LogP contribution in [-0.4, -0.2) is 73.2 Å². The number of oxazole rings is 1. The Balaban J connectivity index is 0.00000160. The number of nitriles is 1. The lowest BCUT2D eigenvalue weighted by Crippen LogP contribution is -2.39. The maximum absolute atomic E-state index is 13.5. The van der Waals surface area contributed by atoms with E-state index in [1.807, 2.05) is 56.5 Å². The fraction of sp³-hybridized carbons (Fsp3) is 0.394. The van der Waals surface area contributed by atoms with Crippen molar-refractivity contribution in [2.75, 3.05) is 18.5 Å². The molecule has 1 fully saturated rings. The number of imidazole rings is 1. The van der Waals surface area contributed by atoms with Crippen LogP contribution >= 0.6 is 11.3 Å². The van der Waals surface area contributed by atoms with Crippen molar-refractivity contribution in [3.05, 3.63) is 65.0 Å². The molecule has 0 radical (unpaired) electrons. The first-order chi connectivity index (χ1) is 22.5. The Morgan fingerprint density at radius 1 is 1.28 bits per heavy atom. The monoisotopic (exact) mass is 661 g/mol. The molecule has 2 amide bonds. The number of nitrogens with one attached hydrogen (secondary N) is 2. The Hall–Kier alpha value is -4.84. The highest BCUT2D eigenvalue weighted by Crippen LogP contribution is 2.30. The van der Waals surface area contributed by atoms with E-state index < -0.39 is 0 Å². The Bertz CT molecular complexity index is 1760. The minimum absolute atomic E-state index is 0.0307. The van der Waals surface area contributed by atoms with Gasteiger partial charge in [0.25, 0.3) is 18.3 Å². The number of fused-ring (bicyclic) bond motifs is 1. The van der Waals surface area contributed by atoms with Crippen LogP contribution in [-0.2, 0) is 22.7 Å². The van der Waals surface area contributed by atoms with Gasteiger partial charge in [0, 0.05) is 25.7 Å². The molecule has 3 aromatic heterocycles. The minimum Gasteiger partial charge on any atom is -0.483 e. The van der Waals surface area contributed by atoms with Crippen molar-refractivity contribution < 1.29 is 29.0 Å². The van der Waals surface area contributed by atoms with Gasteiger partial charge in [0.1, 0.15) is 11.6 Å². The van der Waals surface area contributed by atoms with E-state index in [4.69, 9.17) is 19.3 Å². The molecular weight excluding hydrogens is 622 g/mol. The van der Waals surface area contributed by atoms with E-state index in [2.05, 4.69) is 21.7 Å². The summed E-state index contributed by atoms with van der Waals surface area (Å²) in [7, 11) is 0. The number of rotatable bonds is 10. The van der Waals surface area contributed by atoms with Gasteiger partial charge in [-0.1, -0.05) is 32.9 Å². The first-order valence-electron chi connectivity index (χ1n) is 15.1. The molecule has 13 nitrogen and oxygen atoms in total. The number of nitrogens with zero attached hydrogens (tertiary/aromatic N) is 5. The molecule has 4 N–H and O–H groups in total. The molecule has 0 spiro atoms. The van der Waals surface area contributed by atoms with Gasteiger partial charge < -0.3 is 29.4 Å². The average Bonchev–Trinajstić information content (AvgIpc) is 3.86. The summed E-state index contributed by atoms with van der Waals surface area (Å²) in [5.74, 6) is 0.375. The molecule has 1 unspecified atom stereocenters. The zero-order valence-corrected chi connectivity index (χ0v) is 27.6. The van der Waals surface area contributed by atoms with Gasteiger partial charge in [-0.05, 0) is 55.0 Å². The number of hydrogen-bond acceptors (Lipinski definition) is 10. The predicted molar refractivity (Wildman–Crippen MR) is 177 cm³/mol. The van der Waals surface area contributed by atoms with Crippen molar-refractivity contribution in [3.8, 4) is 16.7 Å². The SMILES string of the molecule is CC(CO)NCc1ccc2c(c1)nc(NC(=O)c1ccc(-c3cnco3)s1)n2C[C@H]1CCCN1C(=O)C(C#N)=CC(C)(C)C.O=CO. The molecule has 248 valence electrons. The van der Waals surface area contributed by atoms with Crippen LogP contribution < -0.4 is 10.6 Å². The molecule has 1 aliphatic heterocycles. The van der Waals surface area contributed by atoms with Crippen LogP contribution in [0.15, 0.2) is 59.0 Å². The molecule has 14 heteroatoms. The van der Waals surface area contributed by atoms with E-state index in [9.17, 15) is 20.0 Å². The number of carbonyl (C=O) groups is 3. The highest BCUT2D eigenvalue weighted by atomic mass is 32.1. The largest absolute Gasteiger partial charge is 0.483 e. The van der Waals surface area contributed by atoms with E-state index >= 15 is 0 Å². The van der Waals surface area contributed by atoms with Crippen molar-refractivity contribution in [3.63, 3.8) is 0 Å². The fourth-order valence-electron chi connectivity index (χ4n) is 5.25. The van der Waals surface area contributed by atoms with E-state index in [1.54, 1.807) is 23.2 Å². The Morgan fingerprint density at radius 2 is 2.04 bits per heavy atom. The van der Waals surface area contributed by atoms with Crippen LogP contribution in [0.4, 0.5) is 5.95 Å². The van der Waals surface area contributed by atoms with Gasteiger partial charge in [-0.25, -0.2) is 9.97 Å². The quantitative estimate of drug-likeness (QED) is 0.106. The number of anilines is 1. The lowest BCUT2D eigenvalue weighted by molar-refractivity contribution is -0.127. The summed E-state index contributed by atoms with van der Waals surface area (Å²) in [5.41, 5.74) is 2.33. The van der Waals surface area contributed by atoms with Gasteiger partial charge in [0.15, 0.2) is 12.2 Å². The number of hydrogen-bond donors (Lipinski definition) is 4. The smallest absolute Gasteiger partial charge is 0.290 e. The van der Waals surface area contributed by atoms with Crippen LogP contribution in [0.1, 0.15) is 55.8 Å². The number of carbonyl (C=O) groups excluding carboxylic acids is 2. The molecule has 1 aromatic carbocycles. The number of amides is 2. The van der Waals surface area contributed by atoms with Crippen LogP contribution in [0.2, 0.25) is 0 Å². The normalized spacial score (nSPS) is 15.5. The molecule has 0 saturated carbocycles. The van der Waals surface area contributed by atoms with Crippen molar-refractivity contribution in [1.29, 1.82) is 5.26 Å². The highest BCUT2D eigenvalue weighted by molar-refractivity contribution is 7.17. The number of likely N-dealkylation sites (tertiary alicyclic amines) is 1. The Morgan fingerprint density at radius 3 is 2.70 bits per heavy atom. The molecule has 1 saturated heterocycles. The van der Waals surface area contributed by atoms with Crippen LogP contribution in [0, 0.1) is 16.7 Å². The van der Waals surface area contributed by atoms with Crippen LogP contribution in [0.3, 0.4) is 0 Å². The number of benzene rings is 1. The summed E-state index contributed by atoms with van der Waals surface area (Å²) in [6.45, 7) is 9.07. The Labute approximate surface area is 276 Å². The topological polar surface area (TPSA) is 187 Å². The number of allylic oxidation sites excluding steroid dienone is 1. The van der Waals surface area contributed by atoms with Gasteiger partial charge in [-0.2, -0.15) is 5.26 Å². The number of aliphatic hydroxyl groups excluding tert-OH is 1. The first-order valence-corrected chi connectivity index (χ1v) is 15.9.